The lowest BCUT2D eigenvalue weighted by Crippen LogP contribution is -2.42. The molecule has 0 amide bonds. The van der Waals surface area contributed by atoms with Gasteiger partial charge in [0.15, 0.2) is 5.96 Å². The molecule has 156 valence electrons. The van der Waals surface area contributed by atoms with Gasteiger partial charge in [-0.3, -0.25) is 4.99 Å². The first-order valence-corrected chi connectivity index (χ1v) is 9.37. The van der Waals surface area contributed by atoms with Gasteiger partial charge in [0.05, 0.1) is 12.1 Å². The Hall–Kier alpha value is -0.930. The first-order valence-electron chi connectivity index (χ1n) is 9.37. The van der Waals surface area contributed by atoms with E-state index in [0.29, 0.717) is 12.5 Å². The quantitative estimate of drug-likeness (QED) is 0.296. The van der Waals surface area contributed by atoms with Crippen LogP contribution in [0.2, 0.25) is 0 Å². The van der Waals surface area contributed by atoms with Crippen LogP contribution >= 0.6 is 24.0 Å². The molecule has 0 fully saturated rings. The molecule has 5 nitrogen and oxygen atoms in total. The number of guanidine groups is 1. The summed E-state index contributed by atoms with van der Waals surface area (Å²) in [5, 5.41) is 6.67. The Bertz CT molecular complexity index is 555. The molecule has 0 saturated heterocycles. The lowest BCUT2D eigenvalue weighted by atomic mass is 10.0. The normalized spacial score (nSPS) is 14.0. The first kappa shape index (κ1) is 26.1. The maximum Gasteiger partial charge on any atom is 0.191 e. The summed E-state index contributed by atoms with van der Waals surface area (Å²) in [6.45, 7) is 8.53. The van der Waals surface area contributed by atoms with E-state index in [2.05, 4.69) is 34.4 Å². The average Bonchev–Trinajstić information content (AvgIpc) is 2.59. The molecule has 2 atom stereocenters. The van der Waals surface area contributed by atoms with E-state index in [1.807, 2.05) is 27.1 Å². The van der Waals surface area contributed by atoms with Gasteiger partial charge >= 0.3 is 0 Å². The number of nitrogens with one attached hydrogen (secondary N) is 2. The molecule has 0 aliphatic heterocycles. The van der Waals surface area contributed by atoms with Crippen molar-refractivity contribution in [3.8, 4) is 0 Å². The lowest BCUT2D eigenvalue weighted by Gasteiger charge is -2.26. The van der Waals surface area contributed by atoms with Gasteiger partial charge in [-0.2, -0.15) is 0 Å². The third kappa shape index (κ3) is 9.71. The van der Waals surface area contributed by atoms with Crippen LogP contribution in [0.15, 0.2) is 29.3 Å². The molecule has 0 saturated carbocycles. The molecule has 0 spiro atoms. The van der Waals surface area contributed by atoms with Crippen LogP contribution in [0.5, 0.6) is 0 Å². The average molecular weight is 494 g/mol. The van der Waals surface area contributed by atoms with E-state index in [0.717, 1.165) is 31.1 Å². The number of hydrogen-bond donors (Lipinski definition) is 2. The van der Waals surface area contributed by atoms with Crippen molar-refractivity contribution in [1.82, 2.24) is 15.5 Å². The van der Waals surface area contributed by atoms with Crippen molar-refractivity contribution in [1.29, 1.82) is 0 Å². The van der Waals surface area contributed by atoms with E-state index in [9.17, 15) is 4.39 Å². The summed E-state index contributed by atoms with van der Waals surface area (Å²) in [5.41, 5.74) is 0.939. The standard InChI is InChI=1S/C20H35FN4O.HI/c1-7-26-19(15(2)3)11-12-23-20(22-4)24-14-18(25(5)6)16-9-8-10-17(21)13-16;/h8-10,13,15,18-19H,7,11-12,14H2,1-6H3,(H2,22,23,24);1H. The van der Waals surface area contributed by atoms with Gasteiger partial charge in [0, 0.05) is 26.7 Å². The Balaban J connectivity index is 0.00000676. The van der Waals surface area contributed by atoms with Gasteiger partial charge in [-0.05, 0) is 51.1 Å². The highest BCUT2D eigenvalue weighted by Gasteiger charge is 2.16. The molecular formula is C20H36FIN4O. The Kier molecular flexibility index (Phi) is 13.6. The fourth-order valence-corrected chi connectivity index (χ4v) is 2.88. The van der Waals surface area contributed by atoms with Crippen LogP contribution in [-0.4, -0.2) is 57.8 Å². The Morgan fingerprint density at radius 2 is 1.96 bits per heavy atom. The van der Waals surface area contributed by atoms with Gasteiger partial charge in [-0.25, -0.2) is 4.39 Å². The summed E-state index contributed by atoms with van der Waals surface area (Å²) < 4.78 is 19.3. The second kappa shape index (κ2) is 14.1. The van der Waals surface area contributed by atoms with Crippen LogP contribution in [0.3, 0.4) is 0 Å². The SMILES string of the molecule is CCOC(CCNC(=NC)NCC(c1cccc(F)c1)N(C)C)C(C)C.I. The van der Waals surface area contributed by atoms with Gasteiger partial charge < -0.3 is 20.3 Å². The predicted molar refractivity (Wildman–Crippen MR) is 122 cm³/mol. The monoisotopic (exact) mass is 494 g/mol. The second-order valence-corrected chi connectivity index (χ2v) is 6.94. The minimum Gasteiger partial charge on any atom is -0.378 e. The number of benzene rings is 1. The smallest absolute Gasteiger partial charge is 0.191 e. The van der Waals surface area contributed by atoms with E-state index in [-0.39, 0.29) is 41.9 Å². The highest BCUT2D eigenvalue weighted by Crippen LogP contribution is 2.18. The summed E-state index contributed by atoms with van der Waals surface area (Å²) in [5.74, 6) is 1.01. The summed E-state index contributed by atoms with van der Waals surface area (Å²) in [4.78, 5) is 6.35. The minimum atomic E-state index is -0.215. The second-order valence-electron chi connectivity index (χ2n) is 6.94. The number of nitrogens with zero attached hydrogens (tertiary/aromatic N) is 2. The zero-order valence-corrected chi connectivity index (χ0v) is 19.8. The van der Waals surface area contributed by atoms with Crippen LogP contribution in [-0.2, 0) is 4.74 Å². The molecule has 2 N–H and O–H groups in total. The molecule has 0 radical (unpaired) electrons. The maximum atomic E-state index is 13.5. The van der Waals surface area contributed by atoms with E-state index in [1.165, 1.54) is 6.07 Å². The third-order valence-corrected chi connectivity index (χ3v) is 4.39. The van der Waals surface area contributed by atoms with Crippen molar-refractivity contribution in [2.24, 2.45) is 10.9 Å². The van der Waals surface area contributed by atoms with Gasteiger partial charge in [-0.15, -0.1) is 24.0 Å². The number of hydrogen-bond acceptors (Lipinski definition) is 3. The molecule has 27 heavy (non-hydrogen) atoms. The zero-order chi connectivity index (χ0) is 19.5. The number of likely N-dealkylation sites (N-methyl/N-ethyl adjacent to an activating group) is 1. The molecule has 0 heterocycles. The Morgan fingerprint density at radius 1 is 1.26 bits per heavy atom. The summed E-state index contributed by atoms with van der Waals surface area (Å²) in [6, 6.07) is 6.79. The lowest BCUT2D eigenvalue weighted by molar-refractivity contribution is 0.0258. The number of aliphatic imine (C=N–C) groups is 1. The number of rotatable bonds is 10. The molecule has 1 aromatic rings. The molecule has 0 bridgehead atoms. The minimum absolute atomic E-state index is 0. The van der Waals surface area contributed by atoms with Crippen molar-refractivity contribution in [3.05, 3.63) is 35.6 Å². The van der Waals surface area contributed by atoms with Crippen molar-refractivity contribution in [3.63, 3.8) is 0 Å². The van der Waals surface area contributed by atoms with Crippen LogP contribution in [0.1, 0.15) is 38.8 Å². The van der Waals surface area contributed by atoms with Crippen molar-refractivity contribution in [2.45, 2.75) is 39.3 Å². The van der Waals surface area contributed by atoms with Crippen LogP contribution < -0.4 is 10.6 Å². The topological polar surface area (TPSA) is 48.9 Å². The summed E-state index contributed by atoms with van der Waals surface area (Å²) >= 11 is 0. The summed E-state index contributed by atoms with van der Waals surface area (Å²) in [6.07, 6.45) is 1.17. The maximum absolute atomic E-state index is 13.5. The van der Waals surface area contributed by atoms with E-state index >= 15 is 0 Å². The molecule has 7 heteroatoms. The van der Waals surface area contributed by atoms with E-state index in [4.69, 9.17) is 4.74 Å². The highest BCUT2D eigenvalue weighted by atomic mass is 127. The van der Waals surface area contributed by atoms with Gasteiger partial charge in [0.25, 0.3) is 0 Å². The van der Waals surface area contributed by atoms with Crippen LogP contribution in [0.4, 0.5) is 4.39 Å². The summed E-state index contributed by atoms with van der Waals surface area (Å²) in [7, 11) is 5.73. The largest absolute Gasteiger partial charge is 0.378 e. The van der Waals surface area contributed by atoms with Crippen molar-refractivity contribution in [2.75, 3.05) is 40.8 Å². The molecule has 0 aliphatic carbocycles. The molecule has 1 aromatic carbocycles. The van der Waals surface area contributed by atoms with Gasteiger partial charge in [0.1, 0.15) is 5.82 Å². The van der Waals surface area contributed by atoms with E-state index in [1.54, 1.807) is 19.2 Å². The zero-order valence-electron chi connectivity index (χ0n) is 17.5. The predicted octanol–water partition coefficient (Wildman–Crippen LogP) is 3.66. The van der Waals surface area contributed by atoms with Crippen molar-refractivity contribution < 1.29 is 9.13 Å². The molecule has 1 rings (SSSR count). The number of halogens is 2. The number of ether oxygens (including phenoxy) is 1. The fourth-order valence-electron chi connectivity index (χ4n) is 2.88. The molecule has 2 unspecified atom stereocenters. The fraction of sp³-hybridized carbons (Fsp3) is 0.650. The Labute approximate surface area is 181 Å². The van der Waals surface area contributed by atoms with Gasteiger partial charge in [-0.1, -0.05) is 26.0 Å². The van der Waals surface area contributed by atoms with Crippen LogP contribution in [0.25, 0.3) is 0 Å². The first-order chi connectivity index (χ1) is 12.4. The van der Waals surface area contributed by atoms with Crippen molar-refractivity contribution >= 4 is 29.9 Å². The Morgan fingerprint density at radius 3 is 2.48 bits per heavy atom. The molecule has 0 aliphatic rings. The van der Waals surface area contributed by atoms with E-state index < -0.39 is 0 Å². The highest BCUT2D eigenvalue weighted by molar-refractivity contribution is 14.0. The molecule has 0 aromatic heterocycles. The van der Waals surface area contributed by atoms with Gasteiger partial charge in [0.2, 0.25) is 0 Å². The third-order valence-electron chi connectivity index (χ3n) is 4.39. The molecular weight excluding hydrogens is 458 g/mol. The van der Waals surface area contributed by atoms with Crippen LogP contribution in [0, 0.1) is 11.7 Å².